The number of ether oxygens (including phenoxy) is 3. The van der Waals surface area contributed by atoms with E-state index in [0.29, 0.717) is 56.1 Å². The third-order valence-corrected chi connectivity index (χ3v) is 7.64. The molecule has 8 heteroatoms. The van der Waals surface area contributed by atoms with Crippen LogP contribution in [0, 0.1) is 5.92 Å². The molecule has 3 aliphatic heterocycles. The first kappa shape index (κ1) is 24.2. The molecule has 0 unspecified atom stereocenters. The van der Waals surface area contributed by atoms with E-state index in [9.17, 15) is 14.4 Å². The van der Waals surface area contributed by atoms with Gasteiger partial charge < -0.3 is 24.0 Å². The number of rotatable bonds is 5. The molecule has 0 radical (unpaired) electrons. The minimum Gasteiger partial charge on any atom is -0.493 e. The molecule has 3 atom stereocenters. The van der Waals surface area contributed by atoms with E-state index in [1.165, 1.54) is 0 Å². The fraction of sp³-hybridized carbons (Fsp3) is 0.464. The molecular formula is C28H32N2O6. The third kappa shape index (κ3) is 3.98. The number of hydrogen-bond acceptors (Lipinski definition) is 6. The highest BCUT2D eigenvalue weighted by atomic mass is 16.5. The van der Waals surface area contributed by atoms with E-state index in [1.54, 1.807) is 32.1 Å². The molecule has 36 heavy (non-hydrogen) atoms. The molecule has 3 heterocycles. The summed E-state index contributed by atoms with van der Waals surface area (Å²) in [6, 6.07) is 10.8. The number of esters is 1. The first-order valence-electron chi connectivity index (χ1n) is 12.6. The largest absolute Gasteiger partial charge is 0.493 e. The molecule has 5 rings (SSSR count). The first-order valence-corrected chi connectivity index (χ1v) is 12.6. The Morgan fingerprint density at radius 3 is 2.53 bits per heavy atom. The van der Waals surface area contributed by atoms with Gasteiger partial charge in [-0.05, 0) is 61.1 Å². The molecule has 8 nitrogen and oxygen atoms in total. The van der Waals surface area contributed by atoms with Crippen LogP contribution >= 0.6 is 0 Å². The van der Waals surface area contributed by atoms with Crippen LogP contribution in [0.3, 0.4) is 0 Å². The van der Waals surface area contributed by atoms with Gasteiger partial charge in [-0.25, -0.2) is 0 Å². The lowest BCUT2D eigenvalue weighted by Crippen LogP contribution is -2.52. The van der Waals surface area contributed by atoms with Gasteiger partial charge in [-0.1, -0.05) is 18.2 Å². The Balaban J connectivity index is 1.59. The smallest absolute Gasteiger partial charge is 0.310 e. The van der Waals surface area contributed by atoms with Crippen LogP contribution in [0.5, 0.6) is 11.5 Å². The van der Waals surface area contributed by atoms with Crippen molar-refractivity contribution in [1.29, 1.82) is 0 Å². The van der Waals surface area contributed by atoms with Crippen molar-refractivity contribution in [3.63, 3.8) is 0 Å². The molecule has 0 bridgehead atoms. The Morgan fingerprint density at radius 2 is 1.78 bits per heavy atom. The summed E-state index contributed by atoms with van der Waals surface area (Å²) in [7, 11) is 3.18. The molecule has 2 aromatic rings. The number of piperidine rings is 1. The van der Waals surface area contributed by atoms with Crippen LogP contribution in [0.25, 0.3) is 0 Å². The number of fused-ring (bicyclic) bond motifs is 4. The zero-order valence-electron chi connectivity index (χ0n) is 21.0. The maximum atomic E-state index is 14.3. The average Bonchev–Trinajstić information content (AvgIpc) is 2.92. The van der Waals surface area contributed by atoms with Crippen molar-refractivity contribution in [3.8, 4) is 11.5 Å². The van der Waals surface area contributed by atoms with Gasteiger partial charge in [0.25, 0.3) is 5.91 Å². The summed E-state index contributed by atoms with van der Waals surface area (Å²) in [4.78, 5) is 43.9. The van der Waals surface area contributed by atoms with Crippen molar-refractivity contribution in [1.82, 2.24) is 9.80 Å². The molecule has 0 aliphatic carbocycles. The topological polar surface area (TPSA) is 85.4 Å². The number of nitrogens with zero attached hydrogens (tertiary/aromatic N) is 2. The second-order valence-corrected chi connectivity index (χ2v) is 9.54. The summed E-state index contributed by atoms with van der Waals surface area (Å²) in [6.45, 7) is 3.52. The molecule has 3 aliphatic rings. The molecule has 0 aromatic heterocycles. The van der Waals surface area contributed by atoms with Crippen molar-refractivity contribution in [2.24, 2.45) is 5.92 Å². The van der Waals surface area contributed by atoms with Crippen LogP contribution in [-0.4, -0.2) is 68.0 Å². The predicted octanol–water partition coefficient (Wildman–Crippen LogP) is 3.34. The van der Waals surface area contributed by atoms with Crippen molar-refractivity contribution >= 4 is 17.8 Å². The highest BCUT2D eigenvalue weighted by Gasteiger charge is 2.48. The maximum Gasteiger partial charge on any atom is 0.310 e. The number of carbonyl (C=O) groups excluding carboxylic acids is 3. The van der Waals surface area contributed by atoms with Crippen LogP contribution < -0.4 is 9.47 Å². The quantitative estimate of drug-likeness (QED) is 0.596. The number of likely N-dealkylation sites (tertiary alicyclic amines) is 1. The van der Waals surface area contributed by atoms with E-state index in [-0.39, 0.29) is 23.7 Å². The van der Waals surface area contributed by atoms with Crippen LogP contribution in [0.4, 0.5) is 0 Å². The molecule has 2 aromatic carbocycles. The SMILES string of the molecule is CCOC(=O)[C@@H]1CCCN(C(=O)[C@H]2c3ccccc3C(=O)N3CCc4cc(OC)c(OC)cc4[C@H]23)C1. The highest BCUT2D eigenvalue weighted by molar-refractivity contribution is 6.01. The number of amides is 2. The van der Waals surface area contributed by atoms with E-state index >= 15 is 0 Å². The monoisotopic (exact) mass is 492 g/mol. The van der Waals surface area contributed by atoms with Crippen LogP contribution in [-0.2, 0) is 20.7 Å². The Kier molecular flexibility index (Phi) is 6.60. The molecule has 2 amide bonds. The van der Waals surface area contributed by atoms with Crippen LogP contribution in [0.15, 0.2) is 36.4 Å². The molecule has 1 saturated heterocycles. The minimum absolute atomic E-state index is 0.0665. The van der Waals surface area contributed by atoms with Gasteiger partial charge in [0, 0.05) is 25.2 Å². The van der Waals surface area contributed by atoms with Gasteiger partial charge in [-0.2, -0.15) is 0 Å². The predicted molar refractivity (Wildman–Crippen MR) is 132 cm³/mol. The highest BCUT2D eigenvalue weighted by Crippen LogP contribution is 2.49. The molecule has 0 spiro atoms. The molecule has 190 valence electrons. The molecule has 0 N–H and O–H groups in total. The van der Waals surface area contributed by atoms with E-state index in [4.69, 9.17) is 14.2 Å². The van der Waals surface area contributed by atoms with Crippen molar-refractivity contribution in [3.05, 3.63) is 58.7 Å². The van der Waals surface area contributed by atoms with Gasteiger partial charge in [-0.15, -0.1) is 0 Å². The average molecular weight is 493 g/mol. The lowest BCUT2D eigenvalue weighted by atomic mass is 9.75. The van der Waals surface area contributed by atoms with Crippen molar-refractivity contribution in [2.75, 3.05) is 40.5 Å². The Morgan fingerprint density at radius 1 is 1.03 bits per heavy atom. The lowest BCUT2D eigenvalue weighted by Gasteiger charge is -2.47. The maximum absolute atomic E-state index is 14.3. The number of benzene rings is 2. The van der Waals surface area contributed by atoms with Crippen LogP contribution in [0.2, 0.25) is 0 Å². The summed E-state index contributed by atoms with van der Waals surface area (Å²) in [5, 5.41) is 0. The van der Waals surface area contributed by atoms with Gasteiger partial charge in [-0.3, -0.25) is 14.4 Å². The van der Waals surface area contributed by atoms with E-state index in [2.05, 4.69) is 0 Å². The standard InChI is InChI=1S/C28H32N2O6/c1-4-36-28(33)18-8-7-12-29(16-18)27(32)24-19-9-5-6-10-20(19)26(31)30-13-11-17-14-22(34-2)23(35-3)15-21(17)25(24)30/h5-6,9-10,14-15,18,24-25H,4,7-8,11-13,16H2,1-3H3/t18-,24+,25-/m1/s1. The summed E-state index contributed by atoms with van der Waals surface area (Å²) in [6.07, 6.45) is 2.10. The van der Waals surface area contributed by atoms with E-state index in [0.717, 1.165) is 23.1 Å². The zero-order valence-corrected chi connectivity index (χ0v) is 21.0. The van der Waals surface area contributed by atoms with E-state index in [1.807, 2.05) is 35.2 Å². The van der Waals surface area contributed by atoms with Gasteiger partial charge >= 0.3 is 5.97 Å². The summed E-state index contributed by atoms with van der Waals surface area (Å²) < 4.78 is 16.3. The first-order chi connectivity index (χ1) is 17.5. The normalized spacial score (nSPS) is 22.8. The van der Waals surface area contributed by atoms with E-state index < -0.39 is 12.0 Å². The molecule has 1 fully saturated rings. The summed E-state index contributed by atoms with van der Waals surface area (Å²) in [5.74, 6) is -0.112. The second kappa shape index (κ2) is 9.84. The number of carbonyl (C=O) groups is 3. The van der Waals surface area contributed by atoms with Crippen LogP contribution in [0.1, 0.15) is 58.8 Å². The second-order valence-electron chi connectivity index (χ2n) is 9.54. The van der Waals surface area contributed by atoms with Gasteiger partial charge in [0.05, 0.1) is 38.7 Å². The summed E-state index contributed by atoms with van der Waals surface area (Å²) in [5.41, 5.74) is 3.24. The Bertz CT molecular complexity index is 1190. The Labute approximate surface area is 211 Å². The van der Waals surface area contributed by atoms with Gasteiger partial charge in [0.15, 0.2) is 11.5 Å². The number of methoxy groups -OCH3 is 2. The molecular weight excluding hydrogens is 460 g/mol. The lowest BCUT2D eigenvalue weighted by molar-refractivity contribution is -0.151. The van der Waals surface area contributed by atoms with Crippen molar-refractivity contribution < 1.29 is 28.6 Å². The number of hydrogen-bond donors (Lipinski definition) is 0. The van der Waals surface area contributed by atoms with Gasteiger partial charge in [0.2, 0.25) is 5.91 Å². The zero-order chi connectivity index (χ0) is 25.4. The third-order valence-electron chi connectivity index (χ3n) is 7.64. The summed E-state index contributed by atoms with van der Waals surface area (Å²) >= 11 is 0. The fourth-order valence-electron chi connectivity index (χ4n) is 5.95. The Hall–Kier alpha value is -3.55. The van der Waals surface area contributed by atoms with Crippen molar-refractivity contribution in [2.45, 2.75) is 38.1 Å². The molecule has 0 saturated carbocycles. The van der Waals surface area contributed by atoms with Gasteiger partial charge in [0.1, 0.15) is 0 Å². The minimum atomic E-state index is -0.586. The fourth-order valence-corrected chi connectivity index (χ4v) is 5.95.